The number of amidine groups is 1. The first kappa shape index (κ1) is 28.7. The molecule has 9 heteroatoms. The van der Waals surface area contributed by atoms with Crippen LogP contribution in [0.15, 0.2) is 76.5 Å². The number of halogens is 3. The van der Waals surface area contributed by atoms with E-state index in [2.05, 4.69) is 35.9 Å². The summed E-state index contributed by atoms with van der Waals surface area (Å²) in [6.45, 7) is 10.0. The van der Waals surface area contributed by atoms with E-state index in [4.69, 9.17) is 9.98 Å². The Labute approximate surface area is 232 Å². The van der Waals surface area contributed by atoms with E-state index in [1.54, 1.807) is 30.5 Å². The summed E-state index contributed by atoms with van der Waals surface area (Å²) in [6, 6.07) is 16.3. The summed E-state index contributed by atoms with van der Waals surface area (Å²) in [5.41, 5.74) is 5.52. The number of hydrogen-bond donors (Lipinski definition) is 1. The van der Waals surface area contributed by atoms with Crippen LogP contribution in [0.1, 0.15) is 54.6 Å². The zero-order chi connectivity index (χ0) is 28.9. The molecule has 4 rings (SSSR count). The standard InChI is InChI=1S/C31H32F3N5O/c1-5-7-16-39(6-2)23-13-12-22(21(4)18-23)19-27-28(38-29(36-27)26-10-8-9-15-35-26)24-17-20(3)11-14-25(24)37-30(40)31(32,33)34/h8-15,17-19H,5-7,16H2,1-4H3,(H,37,40)/b27-19-. The van der Waals surface area contributed by atoms with Crippen molar-refractivity contribution in [3.8, 4) is 0 Å². The predicted molar refractivity (Wildman–Crippen MR) is 155 cm³/mol. The number of carbonyl (C=O) groups excluding carboxylic acids is 1. The van der Waals surface area contributed by atoms with Crippen LogP contribution in [-0.2, 0) is 4.79 Å². The lowest BCUT2D eigenvalue weighted by atomic mass is 9.99. The van der Waals surface area contributed by atoms with Crippen molar-refractivity contribution >= 4 is 34.9 Å². The molecule has 3 aromatic rings. The smallest absolute Gasteiger partial charge is 0.372 e. The molecule has 0 atom stereocenters. The van der Waals surface area contributed by atoms with Crippen molar-refractivity contribution in [1.29, 1.82) is 0 Å². The zero-order valence-electron chi connectivity index (χ0n) is 23.0. The summed E-state index contributed by atoms with van der Waals surface area (Å²) in [5, 5.41) is 2.00. The highest BCUT2D eigenvalue weighted by molar-refractivity contribution is 6.27. The molecule has 0 aliphatic carbocycles. The normalized spacial score (nSPS) is 14.2. The third-order valence-corrected chi connectivity index (χ3v) is 6.59. The van der Waals surface area contributed by atoms with Gasteiger partial charge in [-0.3, -0.25) is 9.78 Å². The van der Waals surface area contributed by atoms with Crippen LogP contribution in [0.2, 0.25) is 0 Å². The molecule has 0 saturated heterocycles. The van der Waals surface area contributed by atoms with Gasteiger partial charge in [0.1, 0.15) is 11.4 Å². The van der Waals surface area contributed by atoms with E-state index < -0.39 is 12.1 Å². The van der Waals surface area contributed by atoms with E-state index in [0.29, 0.717) is 28.5 Å². The maximum Gasteiger partial charge on any atom is 0.471 e. The number of aliphatic imine (C=N–C) groups is 2. The number of aryl methyl sites for hydroxylation is 2. The zero-order valence-corrected chi connectivity index (χ0v) is 23.0. The van der Waals surface area contributed by atoms with Crippen molar-refractivity contribution in [3.63, 3.8) is 0 Å². The fraction of sp³-hybridized carbons (Fsp3) is 0.290. The molecule has 1 N–H and O–H groups in total. The number of aromatic nitrogens is 1. The highest BCUT2D eigenvalue weighted by atomic mass is 19.4. The Morgan fingerprint density at radius 1 is 1.02 bits per heavy atom. The minimum absolute atomic E-state index is 0.00312. The number of amides is 1. The molecule has 0 radical (unpaired) electrons. The van der Waals surface area contributed by atoms with Crippen LogP contribution in [0.4, 0.5) is 24.5 Å². The van der Waals surface area contributed by atoms with E-state index in [-0.39, 0.29) is 5.69 Å². The molecule has 40 heavy (non-hydrogen) atoms. The summed E-state index contributed by atoms with van der Waals surface area (Å²) in [6.07, 6.45) is 0.678. The van der Waals surface area contributed by atoms with Crippen molar-refractivity contribution in [2.45, 2.75) is 46.7 Å². The second-order valence-corrected chi connectivity index (χ2v) is 9.62. The van der Waals surface area contributed by atoms with Crippen LogP contribution >= 0.6 is 0 Å². The maximum absolute atomic E-state index is 13.1. The van der Waals surface area contributed by atoms with Gasteiger partial charge in [-0.15, -0.1) is 0 Å². The second-order valence-electron chi connectivity index (χ2n) is 9.62. The number of nitrogens with zero attached hydrogens (tertiary/aromatic N) is 4. The molecule has 6 nitrogen and oxygen atoms in total. The summed E-state index contributed by atoms with van der Waals surface area (Å²) >= 11 is 0. The fourth-order valence-electron chi connectivity index (χ4n) is 4.40. The Kier molecular flexibility index (Phi) is 8.82. The Morgan fingerprint density at radius 2 is 1.82 bits per heavy atom. The topological polar surface area (TPSA) is 70.0 Å². The highest BCUT2D eigenvalue weighted by Crippen LogP contribution is 2.30. The van der Waals surface area contributed by atoms with Gasteiger partial charge < -0.3 is 10.2 Å². The monoisotopic (exact) mass is 547 g/mol. The van der Waals surface area contributed by atoms with Crippen molar-refractivity contribution in [2.75, 3.05) is 23.3 Å². The van der Waals surface area contributed by atoms with E-state index in [1.165, 1.54) is 6.07 Å². The molecular weight excluding hydrogens is 515 g/mol. The van der Waals surface area contributed by atoms with E-state index in [1.807, 2.05) is 37.4 Å². The molecule has 1 aromatic heterocycles. The number of carbonyl (C=O) groups is 1. The Bertz CT molecular complexity index is 1480. The van der Waals surface area contributed by atoms with E-state index >= 15 is 0 Å². The molecule has 208 valence electrons. The molecule has 2 aromatic carbocycles. The van der Waals surface area contributed by atoms with Crippen LogP contribution in [0, 0.1) is 13.8 Å². The first-order valence-corrected chi connectivity index (χ1v) is 13.3. The molecule has 0 bridgehead atoms. The number of alkyl halides is 3. The van der Waals surface area contributed by atoms with Gasteiger partial charge in [0, 0.05) is 30.5 Å². The Hall–Kier alpha value is -4.27. The summed E-state index contributed by atoms with van der Waals surface area (Å²) in [5.74, 6) is -1.72. The third kappa shape index (κ3) is 6.65. The number of anilines is 2. The molecule has 1 amide bonds. The van der Waals surface area contributed by atoms with Crippen molar-refractivity contribution < 1.29 is 18.0 Å². The number of unbranched alkanes of at least 4 members (excludes halogenated alkanes) is 1. The lowest BCUT2D eigenvalue weighted by Crippen LogP contribution is -2.30. The average Bonchev–Trinajstić information content (AvgIpc) is 3.35. The van der Waals surface area contributed by atoms with Crippen LogP contribution in [0.5, 0.6) is 0 Å². The fourth-order valence-corrected chi connectivity index (χ4v) is 4.40. The third-order valence-electron chi connectivity index (χ3n) is 6.59. The molecule has 0 spiro atoms. The molecule has 0 unspecified atom stereocenters. The van der Waals surface area contributed by atoms with Gasteiger partial charge in [0.25, 0.3) is 0 Å². The van der Waals surface area contributed by atoms with Crippen LogP contribution in [0.3, 0.4) is 0 Å². The Morgan fingerprint density at radius 3 is 2.48 bits per heavy atom. The first-order valence-electron chi connectivity index (χ1n) is 13.3. The number of benzene rings is 2. The lowest BCUT2D eigenvalue weighted by molar-refractivity contribution is -0.167. The summed E-state index contributed by atoms with van der Waals surface area (Å²) in [4.78, 5) is 27.9. The number of nitrogens with one attached hydrogen (secondary N) is 1. The number of pyridine rings is 1. The van der Waals surface area contributed by atoms with Gasteiger partial charge in [-0.05, 0) is 80.8 Å². The number of hydrogen-bond acceptors (Lipinski definition) is 5. The van der Waals surface area contributed by atoms with Gasteiger partial charge in [-0.2, -0.15) is 13.2 Å². The largest absolute Gasteiger partial charge is 0.471 e. The SMILES string of the molecule is CCCCN(CC)c1ccc(/C=C2\N=C(c3ccccn3)N=C2c2cc(C)ccc2NC(=O)C(F)(F)F)c(C)c1. The van der Waals surface area contributed by atoms with Crippen LogP contribution in [-0.4, -0.2) is 41.7 Å². The predicted octanol–water partition coefficient (Wildman–Crippen LogP) is 7.12. The maximum atomic E-state index is 13.1. The molecule has 0 saturated carbocycles. The molecule has 1 aliphatic rings. The molecule has 1 aliphatic heterocycles. The van der Waals surface area contributed by atoms with Crippen LogP contribution < -0.4 is 10.2 Å². The highest BCUT2D eigenvalue weighted by Gasteiger charge is 2.39. The van der Waals surface area contributed by atoms with E-state index in [9.17, 15) is 18.0 Å². The minimum Gasteiger partial charge on any atom is -0.372 e. The van der Waals surface area contributed by atoms with Crippen LogP contribution in [0.25, 0.3) is 6.08 Å². The first-order chi connectivity index (χ1) is 19.1. The van der Waals surface area contributed by atoms with Gasteiger partial charge in [-0.1, -0.05) is 37.1 Å². The minimum atomic E-state index is -5.03. The molecule has 0 fully saturated rings. The van der Waals surface area contributed by atoms with Crippen molar-refractivity contribution in [3.05, 3.63) is 94.4 Å². The lowest BCUT2D eigenvalue weighted by Gasteiger charge is -2.23. The van der Waals surface area contributed by atoms with Crippen molar-refractivity contribution in [1.82, 2.24) is 4.98 Å². The average molecular weight is 548 g/mol. The van der Waals surface area contributed by atoms with Gasteiger partial charge in [0.15, 0.2) is 5.84 Å². The second kappa shape index (κ2) is 12.3. The van der Waals surface area contributed by atoms with Crippen molar-refractivity contribution in [2.24, 2.45) is 9.98 Å². The quantitative estimate of drug-likeness (QED) is 0.310. The molecular formula is C31H32F3N5O. The number of allylic oxidation sites excluding steroid dienone is 1. The van der Waals surface area contributed by atoms with Gasteiger partial charge in [0.05, 0.1) is 11.4 Å². The number of rotatable bonds is 9. The Balaban J connectivity index is 1.80. The van der Waals surface area contributed by atoms with Gasteiger partial charge in [0.2, 0.25) is 0 Å². The van der Waals surface area contributed by atoms with E-state index in [0.717, 1.165) is 48.3 Å². The summed E-state index contributed by atoms with van der Waals surface area (Å²) < 4.78 is 39.3. The molecule has 2 heterocycles. The van der Waals surface area contributed by atoms with Gasteiger partial charge in [-0.25, -0.2) is 9.98 Å². The van der Waals surface area contributed by atoms with Gasteiger partial charge >= 0.3 is 12.1 Å². The summed E-state index contributed by atoms with van der Waals surface area (Å²) in [7, 11) is 0.